The van der Waals surface area contributed by atoms with E-state index in [0.29, 0.717) is 12.8 Å². The number of primary amides is 1. The zero-order valence-electron chi connectivity index (χ0n) is 33.4. The normalized spacial score (nSPS) is 17.3. The molecule has 7 atom stereocenters. The Morgan fingerprint density at radius 2 is 1.31 bits per heavy atom. The van der Waals surface area contributed by atoms with Gasteiger partial charge in [0, 0.05) is 13.0 Å². The zero-order chi connectivity index (χ0) is 42.2. The first-order valence-electron chi connectivity index (χ1n) is 18.9. The third kappa shape index (κ3) is 16.2. The molecule has 19 heteroatoms. The molecule has 1 heterocycles. The van der Waals surface area contributed by atoms with Crippen LogP contribution in [0, 0.1) is 23.7 Å². The summed E-state index contributed by atoms with van der Waals surface area (Å²) in [4.78, 5) is 116. The number of likely N-dealkylation sites (tertiary alicyclic amines) is 1. The molecule has 0 bridgehead atoms. The lowest BCUT2D eigenvalue weighted by atomic mass is 9.98. The molecule has 11 N–H and O–H groups in total. The summed E-state index contributed by atoms with van der Waals surface area (Å²) >= 11 is 0. The predicted octanol–water partition coefficient (Wildman–Crippen LogP) is -1.77. The van der Waals surface area contributed by atoms with Crippen molar-refractivity contribution in [2.24, 2.45) is 35.1 Å². The van der Waals surface area contributed by atoms with Gasteiger partial charge in [0.2, 0.25) is 47.3 Å². The fourth-order valence-corrected chi connectivity index (χ4v) is 5.90. The molecule has 0 aromatic heterocycles. The van der Waals surface area contributed by atoms with Crippen molar-refractivity contribution in [3.05, 3.63) is 0 Å². The fraction of sp³-hybridized carbons (Fsp3) is 0.750. The topological polar surface area (TPSA) is 301 Å². The second-order valence-electron chi connectivity index (χ2n) is 15.2. The summed E-state index contributed by atoms with van der Waals surface area (Å²) in [6, 6.07) is -6.57. The van der Waals surface area contributed by atoms with Gasteiger partial charge >= 0.3 is 5.97 Å². The number of hydrogen-bond donors (Lipinski definition) is 9. The van der Waals surface area contributed by atoms with Crippen molar-refractivity contribution in [1.82, 2.24) is 36.8 Å². The lowest BCUT2D eigenvalue weighted by Gasteiger charge is -2.31. The number of nitrogens with zero attached hydrogens (tertiary/aromatic N) is 1. The number of carboxylic acid groups (broad SMARTS) is 1. The number of nitrogens with two attached hydrogens (primary N) is 2. The van der Waals surface area contributed by atoms with Crippen LogP contribution in [0.5, 0.6) is 0 Å². The second kappa shape index (κ2) is 23.2. The standard InChI is InChI=1S/C36H63N9O10/c1-9-21(8)28(38)33(52)39-16-26(47)43-29(19(4)5)34(53)42-23(15-18(2)3)31(50)44-30(20(6)7)35(54)41-22(12-13-25(37)46)36(55)45-14-10-11-24(45)32(51)40-17-27(48)49/h18-24,28-30H,9-17,38H2,1-8H3,(H2,37,46)(H,39,52)(H,40,51)(H,41,54)(H,42,53)(H,43,47)(H,44,50)(H,48,49)/t21-,22-,23-,24-,28-,29-,30-/m0/s1. The van der Waals surface area contributed by atoms with Gasteiger partial charge in [-0.3, -0.25) is 43.2 Å². The average Bonchev–Trinajstić information content (AvgIpc) is 3.60. The van der Waals surface area contributed by atoms with Crippen molar-refractivity contribution in [1.29, 1.82) is 0 Å². The number of hydrogen-bond acceptors (Lipinski definition) is 10. The number of nitrogens with one attached hydrogen (secondary N) is 6. The Balaban J connectivity index is 3.16. The molecule has 1 fully saturated rings. The number of carbonyl (C=O) groups excluding carboxylic acids is 8. The van der Waals surface area contributed by atoms with E-state index < -0.39 is 114 Å². The lowest BCUT2D eigenvalue weighted by molar-refractivity contribution is -0.143. The van der Waals surface area contributed by atoms with Gasteiger partial charge in [-0.15, -0.1) is 0 Å². The van der Waals surface area contributed by atoms with Crippen molar-refractivity contribution in [2.45, 2.75) is 130 Å². The molecular formula is C36H63N9O10. The van der Waals surface area contributed by atoms with E-state index in [4.69, 9.17) is 16.6 Å². The molecule has 1 aliphatic heterocycles. The quantitative estimate of drug-likeness (QED) is 0.0559. The number of amides is 8. The number of carbonyl (C=O) groups is 9. The minimum Gasteiger partial charge on any atom is -0.480 e. The van der Waals surface area contributed by atoms with Crippen LogP contribution < -0.4 is 43.4 Å². The summed E-state index contributed by atoms with van der Waals surface area (Å²) in [6.07, 6.45) is 1.03. The predicted molar refractivity (Wildman–Crippen MR) is 201 cm³/mol. The first-order valence-corrected chi connectivity index (χ1v) is 18.9. The Kier molecular flexibility index (Phi) is 20.3. The molecule has 1 rings (SSSR count). The molecule has 0 unspecified atom stereocenters. The van der Waals surface area contributed by atoms with Gasteiger partial charge in [0.05, 0.1) is 12.6 Å². The van der Waals surface area contributed by atoms with E-state index in [1.165, 1.54) is 4.90 Å². The Labute approximate surface area is 322 Å². The van der Waals surface area contributed by atoms with Crippen molar-refractivity contribution in [3.8, 4) is 0 Å². The van der Waals surface area contributed by atoms with E-state index in [1.54, 1.807) is 27.7 Å². The minimum absolute atomic E-state index is 0.101. The molecule has 0 aliphatic carbocycles. The smallest absolute Gasteiger partial charge is 0.322 e. The van der Waals surface area contributed by atoms with Crippen molar-refractivity contribution in [2.75, 3.05) is 19.6 Å². The fourth-order valence-electron chi connectivity index (χ4n) is 5.90. The van der Waals surface area contributed by atoms with Crippen LogP contribution in [0.2, 0.25) is 0 Å². The summed E-state index contributed by atoms with van der Waals surface area (Å²) < 4.78 is 0. The van der Waals surface area contributed by atoms with Crippen molar-refractivity contribution in [3.63, 3.8) is 0 Å². The van der Waals surface area contributed by atoms with Crippen molar-refractivity contribution >= 4 is 53.2 Å². The third-order valence-corrected chi connectivity index (χ3v) is 9.38. The summed E-state index contributed by atoms with van der Waals surface area (Å²) in [7, 11) is 0. The molecule has 0 radical (unpaired) electrons. The Morgan fingerprint density at radius 1 is 0.745 bits per heavy atom. The van der Waals surface area contributed by atoms with Crippen LogP contribution in [0.1, 0.15) is 93.9 Å². The van der Waals surface area contributed by atoms with Gasteiger partial charge in [0.15, 0.2) is 0 Å². The summed E-state index contributed by atoms with van der Waals surface area (Å²) in [5.74, 6) is -7.80. The van der Waals surface area contributed by atoms with Gasteiger partial charge in [-0.25, -0.2) is 0 Å². The largest absolute Gasteiger partial charge is 0.480 e. The molecule has 312 valence electrons. The summed E-state index contributed by atoms with van der Waals surface area (Å²) in [5.41, 5.74) is 11.3. The van der Waals surface area contributed by atoms with E-state index in [2.05, 4.69) is 31.9 Å². The third-order valence-electron chi connectivity index (χ3n) is 9.38. The highest BCUT2D eigenvalue weighted by atomic mass is 16.4. The van der Waals surface area contributed by atoms with E-state index in [-0.39, 0.29) is 44.1 Å². The molecule has 0 aromatic rings. The van der Waals surface area contributed by atoms with Gasteiger partial charge in [-0.05, 0) is 49.4 Å². The molecule has 55 heavy (non-hydrogen) atoms. The first kappa shape index (κ1) is 48.2. The van der Waals surface area contributed by atoms with Gasteiger partial charge in [0.25, 0.3) is 0 Å². The van der Waals surface area contributed by atoms with E-state index in [0.717, 1.165) is 0 Å². The van der Waals surface area contributed by atoms with Crippen LogP contribution in [0.15, 0.2) is 0 Å². The van der Waals surface area contributed by atoms with Crippen LogP contribution in [0.4, 0.5) is 0 Å². The summed E-state index contributed by atoms with van der Waals surface area (Å²) in [6.45, 7) is 13.1. The van der Waals surface area contributed by atoms with Gasteiger partial charge in [-0.2, -0.15) is 0 Å². The van der Waals surface area contributed by atoms with Crippen LogP contribution in [0.25, 0.3) is 0 Å². The van der Waals surface area contributed by atoms with Crippen molar-refractivity contribution < 1.29 is 48.3 Å². The van der Waals surface area contributed by atoms with Crippen LogP contribution in [-0.2, 0) is 43.2 Å². The van der Waals surface area contributed by atoms with Gasteiger partial charge < -0.3 is 53.4 Å². The molecule has 0 saturated carbocycles. The molecule has 0 aromatic carbocycles. The molecule has 1 saturated heterocycles. The molecule has 8 amide bonds. The summed E-state index contributed by atoms with van der Waals surface area (Å²) in [5, 5.41) is 24.3. The highest BCUT2D eigenvalue weighted by molar-refractivity contribution is 5.97. The monoisotopic (exact) mass is 781 g/mol. The SMILES string of the molecule is CC[C@H](C)[C@H](N)C(=O)NCC(=O)N[C@H](C(=O)N[C@@H](CC(C)C)C(=O)N[C@H](C(=O)N[C@@H](CCC(N)=O)C(=O)N1CCC[C@H]1C(=O)NCC(=O)O)C(C)C)C(C)C. The van der Waals surface area contributed by atoms with E-state index >= 15 is 0 Å². The first-order chi connectivity index (χ1) is 25.6. The zero-order valence-corrected chi connectivity index (χ0v) is 33.4. The van der Waals surface area contributed by atoms with E-state index in [9.17, 15) is 43.2 Å². The van der Waals surface area contributed by atoms with E-state index in [1.807, 2.05) is 27.7 Å². The minimum atomic E-state index is -1.32. The maximum Gasteiger partial charge on any atom is 0.322 e. The maximum absolute atomic E-state index is 13.8. The average molecular weight is 782 g/mol. The highest BCUT2D eigenvalue weighted by Crippen LogP contribution is 2.20. The molecule has 19 nitrogen and oxygen atoms in total. The van der Waals surface area contributed by atoms with Crippen LogP contribution in [0.3, 0.4) is 0 Å². The van der Waals surface area contributed by atoms with Gasteiger partial charge in [-0.1, -0.05) is 61.8 Å². The number of rotatable bonds is 23. The number of carboxylic acids is 1. The Hall–Kier alpha value is -4.81. The maximum atomic E-state index is 13.8. The molecular weight excluding hydrogens is 718 g/mol. The van der Waals surface area contributed by atoms with Crippen LogP contribution in [-0.4, -0.2) is 119 Å². The molecule has 1 aliphatic rings. The van der Waals surface area contributed by atoms with Crippen LogP contribution >= 0.6 is 0 Å². The lowest BCUT2D eigenvalue weighted by Crippen LogP contribution is -2.61. The Morgan fingerprint density at radius 3 is 1.82 bits per heavy atom. The number of aliphatic carboxylic acids is 1. The second-order valence-corrected chi connectivity index (χ2v) is 15.2. The highest BCUT2D eigenvalue weighted by Gasteiger charge is 2.39. The Bertz CT molecular complexity index is 1390. The van der Waals surface area contributed by atoms with Gasteiger partial charge in [0.1, 0.15) is 36.8 Å². The molecule has 0 spiro atoms.